The maximum Gasteiger partial charge on any atom is 0.148 e. The summed E-state index contributed by atoms with van der Waals surface area (Å²) >= 11 is 3.10. The number of aromatic nitrogens is 1. The fourth-order valence-electron chi connectivity index (χ4n) is 3.69. The Labute approximate surface area is 201 Å². The Hall–Kier alpha value is -3.89. The van der Waals surface area contributed by atoms with Gasteiger partial charge >= 0.3 is 0 Å². The third-order valence-corrected chi connectivity index (χ3v) is 7.70. The lowest BCUT2D eigenvalue weighted by Gasteiger charge is -2.15. The third kappa shape index (κ3) is 4.26. The summed E-state index contributed by atoms with van der Waals surface area (Å²) in [5, 5.41) is 30.0. The third-order valence-electron chi connectivity index (χ3n) is 5.68. The molecule has 1 aromatic carbocycles. The number of rotatable bonds is 6. The van der Waals surface area contributed by atoms with Gasteiger partial charge in [0.05, 0.1) is 26.7 Å². The van der Waals surface area contributed by atoms with Crippen LogP contribution in [0, 0.1) is 34.0 Å². The summed E-state index contributed by atoms with van der Waals surface area (Å²) in [5.41, 5.74) is 4.42. The fraction of sp³-hybridized carbons (Fsp3) is 0.148. The highest BCUT2D eigenvalue weighted by Gasteiger charge is 2.18. The summed E-state index contributed by atoms with van der Waals surface area (Å²) < 4.78 is 2.23. The van der Waals surface area contributed by atoms with Gasteiger partial charge < -0.3 is 4.57 Å². The molecule has 3 heterocycles. The van der Waals surface area contributed by atoms with Crippen molar-refractivity contribution in [3.05, 3.63) is 82.1 Å². The molecule has 4 aromatic rings. The van der Waals surface area contributed by atoms with Crippen molar-refractivity contribution in [2.75, 3.05) is 0 Å². The van der Waals surface area contributed by atoms with Crippen molar-refractivity contribution in [2.24, 2.45) is 0 Å². The molecule has 0 radical (unpaired) electrons. The van der Waals surface area contributed by atoms with Crippen LogP contribution in [0.25, 0.3) is 32.4 Å². The van der Waals surface area contributed by atoms with Gasteiger partial charge in [0.25, 0.3) is 0 Å². The molecule has 0 bridgehead atoms. The van der Waals surface area contributed by atoms with Gasteiger partial charge in [0, 0.05) is 10.6 Å². The van der Waals surface area contributed by atoms with E-state index >= 15 is 0 Å². The summed E-state index contributed by atoms with van der Waals surface area (Å²) in [5.74, 6) is 0.505. The van der Waals surface area contributed by atoms with Gasteiger partial charge in [-0.15, -0.1) is 22.7 Å². The first-order chi connectivity index (χ1) is 16.1. The van der Waals surface area contributed by atoms with Crippen molar-refractivity contribution >= 4 is 28.2 Å². The van der Waals surface area contributed by atoms with Gasteiger partial charge in [0.1, 0.15) is 23.8 Å². The summed E-state index contributed by atoms with van der Waals surface area (Å²) in [6.07, 6.45) is 1.09. The SMILES string of the molecule is CCC(C)c1ccc(-n2c(-c3cccs3)ccc2-c2ccc(C(C#N)=C(C#N)C#N)s2)cc1. The molecule has 0 fully saturated rings. The summed E-state index contributed by atoms with van der Waals surface area (Å²) in [4.78, 5) is 2.74. The second-order valence-electron chi connectivity index (χ2n) is 7.57. The van der Waals surface area contributed by atoms with Crippen molar-refractivity contribution in [1.29, 1.82) is 15.8 Å². The van der Waals surface area contributed by atoms with E-state index in [0.717, 1.165) is 33.3 Å². The lowest BCUT2D eigenvalue weighted by molar-refractivity contribution is 0.733. The van der Waals surface area contributed by atoms with Crippen LogP contribution in [-0.2, 0) is 0 Å². The van der Waals surface area contributed by atoms with Crippen molar-refractivity contribution in [1.82, 2.24) is 4.57 Å². The van der Waals surface area contributed by atoms with Crippen LogP contribution in [0.1, 0.15) is 36.6 Å². The zero-order valence-corrected chi connectivity index (χ0v) is 19.9. The van der Waals surface area contributed by atoms with E-state index in [-0.39, 0.29) is 11.1 Å². The molecular formula is C27H20N4S2. The molecule has 160 valence electrons. The highest BCUT2D eigenvalue weighted by molar-refractivity contribution is 7.16. The van der Waals surface area contributed by atoms with Crippen molar-refractivity contribution in [3.8, 4) is 45.0 Å². The molecule has 0 spiro atoms. The molecule has 0 saturated carbocycles. The number of nitrogens with zero attached hydrogens (tertiary/aromatic N) is 4. The minimum Gasteiger partial charge on any atom is -0.308 e. The van der Waals surface area contributed by atoms with Crippen LogP contribution in [0.5, 0.6) is 0 Å². The maximum atomic E-state index is 9.54. The molecule has 0 aliphatic heterocycles. The minimum atomic E-state index is -0.166. The Balaban J connectivity index is 1.86. The first-order valence-electron chi connectivity index (χ1n) is 10.5. The first kappa shape index (κ1) is 22.3. The monoisotopic (exact) mass is 464 g/mol. The van der Waals surface area contributed by atoms with Gasteiger partial charge in [0.15, 0.2) is 0 Å². The lowest BCUT2D eigenvalue weighted by atomic mass is 9.98. The van der Waals surface area contributed by atoms with E-state index in [9.17, 15) is 15.8 Å². The Morgan fingerprint density at radius 1 is 0.879 bits per heavy atom. The summed E-state index contributed by atoms with van der Waals surface area (Å²) in [6.45, 7) is 4.43. The molecule has 1 atom stereocenters. The number of hydrogen-bond donors (Lipinski definition) is 0. The molecule has 1 unspecified atom stereocenters. The first-order valence-corrected chi connectivity index (χ1v) is 12.2. The molecule has 6 heteroatoms. The van der Waals surface area contributed by atoms with E-state index < -0.39 is 0 Å². The van der Waals surface area contributed by atoms with Gasteiger partial charge in [0.2, 0.25) is 0 Å². The normalized spacial score (nSPS) is 11.2. The van der Waals surface area contributed by atoms with Crippen LogP contribution in [-0.4, -0.2) is 4.57 Å². The average Bonchev–Trinajstić information content (AvgIpc) is 3.62. The zero-order valence-electron chi connectivity index (χ0n) is 18.2. The van der Waals surface area contributed by atoms with Crippen LogP contribution in [0.15, 0.2) is 71.6 Å². The van der Waals surface area contributed by atoms with Gasteiger partial charge in [-0.25, -0.2) is 0 Å². The number of allylic oxidation sites excluding steroid dienone is 2. The summed E-state index contributed by atoms with van der Waals surface area (Å²) in [7, 11) is 0. The van der Waals surface area contributed by atoms with Crippen LogP contribution in [0.2, 0.25) is 0 Å². The highest BCUT2D eigenvalue weighted by Crippen LogP contribution is 2.39. The molecule has 0 aliphatic carbocycles. The predicted octanol–water partition coefficient (Wildman–Crippen LogP) is 7.77. The highest BCUT2D eigenvalue weighted by atomic mass is 32.1. The number of nitriles is 3. The van der Waals surface area contributed by atoms with Crippen LogP contribution >= 0.6 is 22.7 Å². The van der Waals surface area contributed by atoms with E-state index in [1.807, 2.05) is 30.3 Å². The quantitative estimate of drug-likeness (QED) is 0.273. The number of thiophene rings is 2. The van der Waals surface area contributed by atoms with Crippen LogP contribution in [0.4, 0.5) is 0 Å². The second kappa shape index (κ2) is 9.72. The smallest absolute Gasteiger partial charge is 0.148 e. The van der Waals surface area contributed by atoms with Gasteiger partial charge in [-0.05, 0) is 65.7 Å². The Kier molecular flexibility index (Phi) is 6.57. The zero-order chi connectivity index (χ0) is 23.4. The van der Waals surface area contributed by atoms with Crippen molar-refractivity contribution < 1.29 is 0 Å². The van der Waals surface area contributed by atoms with Crippen molar-refractivity contribution in [2.45, 2.75) is 26.2 Å². The standard InChI is InChI=1S/C27H20N4S2/c1-3-18(2)19-6-8-21(9-7-19)31-23(26-5-4-14-32-26)10-11-24(31)27-13-12-25(33-27)22(17-30)20(15-28)16-29/h4-14,18H,3H2,1-2H3. The lowest BCUT2D eigenvalue weighted by Crippen LogP contribution is -1.99. The topological polar surface area (TPSA) is 76.3 Å². The van der Waals surface area contributed by atoms with Crippen LogP contribution < -0.4 is 0 Å². The Morgan fingerprint density at radius 2 is 1.58 bits per heavy atom. The van der Waals surface area contributed by atoms with E-state index in [2.05, 4.69) is 66.3 Å². The Bertz CT molecular complexity index is 1410. The number of benzene rings is 1. The van der Waals surface area contributed by atoms with Crippen molar-refractivity contribution in [3.63, 3.8) is 0 Å². The largest absolute Gasteiger partial charge is 0.308 e. The summed E-state index contributed by atoms with van der Waals surface area (Å²) in [6, 6.07) is 26.5. The fourth-order valence-corrected chi connectivity index (χ4v) is 5.46. The molecular weight excluding hydrogens is 444 g/mol. The molecule has 0 N–H and O–H groups in total. The molecule has 0 amide bonds. The maximum absolute atomic E-state index is 9.54. The van der Waals surface area contributed by atoms with E-state index in [1.165, 1.54) is 16.9 Å². The van der Waals surface area contributed by atoms with Gasteiger partial charge in [-0.1, -0.05) is 32.0 Å². The second-order valence-corrected chi connectivity index (χ2v) is 9.60. The predicted molar refractivity (Wildman–Crippen MR) is 135 cm³/mol. The van der Waals surface area contributed by atoms with E-state index in [0.29, 0.717) is 10.8 Å². The number of hydrogen-bond acceptors (Lipinski definition) is 5. The molecule has 3 aromatic heterocycles. The van der Waals surface area contributed by atoms with Crippen LogP contribution in [0.3, 0.4) is 0 Å². The minimum absolute atomic E-state index is 0.116. The molecule has 33 heavy (non-hydrogen) atoms. The molecule has 0 aliphatic rings. The molecule has 4 nitrogen and oxygen atoms in total. The molecule has 4 rings (SSSR count). The average molecular weight is 465 g/mol. The van der Waals surface area contributed by atoms with Gasteiger partial charge in [-0.2, -0.15) is 15.8 Å². The molecule has 0 saturated heterocycles. The Morgan fingerprint density at radius 3 is 2.15 bits per heavy atom. The van der Waals surface area contributed by atoms with Gasteiger partial charge in [-0.3, -0.25) is 0 Å². The van der Waals surface area contributed by atoms with E-state index in [4.69, 9.17) is 0 Å². The van der Waals surface area contributed by atoms with E-state index in [1.54, 1.807) is 17.4 Å².